The van der Waals surface area contributed by atoms with Crippen LogP contribution in [-0.4, -0.2) is 4.98 Å². The predicted octanol–water partition coefficient (Wildman–Crippen LogP) is 6.25. The Morgan fingerprint density at radius 1 is 1.04 bits per heavy atom. The highest BCUT2D eigenvalue weighted by atomic mass is 16.5. The third-order valence-corrected chi connectivity index (χ3v) is 4.70. The first kappa shape index (κ1) is 15.3. The summed E-state index contributed by atoms with van der Waals surface area (Å²) in [5.74, 6) is 2.81. The van der Waals surface area contributed by atoms with E-state index in [2.05, 4.69) is 44.0 Å². The van der Waals surface area contributed by atoms with Gasteiger partial charge in [0.15, 0.2) is 11.5 Å². The van der Waals surface area contributed by atoms with E-state index < -0.39 is 0 Å². The Labute approximate surface area is 142 Å². The zero-order valence-corrected chi connectivity index (χ0v) is 14.6. The van der Waals surface area contributed by atoms with E-state index >= 15 is 0 Å². The SMILES string of the molecule is CCCC1=C(CCC)c2cccc3c2c(cc2oc(CC)nc23)O1. The number of aromatic nitrogens is 1. The Morgan fingerprint density at radius 3 is 2.62 bits per heavy atom. The molecule has 0 atom stereocenters. The molecule has 0 N–H and O–H groups in total. The summed E-state index contributed by atoms with van der Waals surface area (Å²) >= 11 is 0. The summed E-state index contributed by atoms with van der Waals surface area (Å²) in [7, 11) is 0. The fraction of sp³-hybridized carbons (Fsp3) is 0.381. The van der Waals surface area contributed by atoms with Gasteiger partial charge in [0, 0.05) is 29.7 Å². The largest absolute Gasteiger partial charge is 0.461 e. The van der Waals surface area contributed by atoms with Crippen molar-refractivity contribution in [2.75, 3.05) is 0 Å². The molecule has 3 heteroatoms. The van der Waals surface area contributed by atoms with E-state index in [4.69, 9.17) is 9.15 Å². The van der Waals surface area contributed by atoms with Crippen molar-refractivity contribution in [3.63, 3.8) is 0 Å². The summed E-state index contributed by atoms with van der Waals surface area (Å²) in [6, 6.07) is 8.50. The Kier molecular flexibility index (Phi) is 3.79. The second-order valence-electron chi connectivity index (χ2n) is 6.41. The molecule has 3 aromatic rings. The molecule has 1 aliphatic heterocycles. The molecule has 2 aromatic carbocycles. The number of rotatable bonds is 5. The van der Waals surface area contributed by atoms with Crippen molar-refractivity contribution < 1.29 is 9.15 Å². The average molecular weight is 321 g/mol. The molecule has 0 saturated carbocycles. The lowest BCUT2D eigenvalue weighted by atomic mass is 9.90. The standard InChI is InChI=1S/C21H23NO2/c1-4-8-13-14-10-7-11-15-20(14)17(23-16(13)9-5-2)12-18-21(15)22-19(6-3)24-18/h7,10-12H,4-6,8-9H2,1-3H3. The smallest absolute Gasteiger partial charge is 0.195 e. The van der Waals surface area contributed by atoms with Gasteiger partial charge in [-0.2, -0.15) is 0 Å². The van der Waals surface area contributed by atoms with Crippen molar-refractivity contribution in [2.24, 2.45) is 0 Å². The summed E-state index contributed by atoms with van der Waals surface area (Å²) in [5, 5.41) is 2.32. The van der Waals surface area contributed by atoms with Crippen molar-refractivity contribution in [1.82, 2.24) is 4.98 Å². The average Bonchev–Trinajstić information content (AvgIpc) is 3.02. The molecule has 2 heterocycles. The van der Waals surface area contributed by atoms with Crippen LogP contribution in [0.5, 0.6) is 5.75 Å². The highest BCUT2D eigenvalue weighted by molar-refractivity contribution is 6.11. The number of hydrogen-bond acceptors (Lipinski definition) is 3. The molecular formula is C21H23NO2. The Bertz CT molecular complexity index is 949. The molecule has 124 valence electrons. The van der Waals surface area contributed by atoms with Crippen LogP contribution in [0.2, 0.25) is 0 Å². The minimum absolute atomic E-state index is 0.781. The van der Waals surface area contributed by atoms with Crippen LogP contribution in [0.25, 0.3) is 27.4 Å². The lowest BCUT2D eigenvalue weighted by Gasteiger charge is -2.24. The van der Waals surface area contributed by atoms with E-state index in [1.807, 2.05) is 6.07 Å². The topological polar surface area (TPSA) is 35.3 Å². The first-order valence-corrected chi connectivity index (χ1v) is 9.02. The third kappa shape index (κ3) is 2.22. The first-order chi connectivity index (χ1) is 11.8. The van der Waals surface area contributed by atoms with Gasteiger partial charge in [-0.05, 0) is 24.0 Å². The van der Waals surface area contributed by atoms with Crippen molar-refractivity contribution in [3.05, 3.63) is 41.5 Å². The van der Waals surface area contributed by atoms with Gasteiger partial charge >= 0.3 is 0 Å². The molecule has 0 amide bonds. The van der Waals surface area contributed by atoms with Gasteiger partial charge in [-0.15, -0.1) is 0 Å². The molecule has 4 rings (SSSR count). The summed E-state index contributed by atoms with van der Waals surface area (Å²) < 4.78 is 12.2. The van der Waals surface area contributed by atoms with Crippen LogP contribution in [0.15, 0.2) is 34.4 Å². The minimum Gasteiger partial charge on any atom is -0.461 e. The predicted molar refractivity (Wildman–Crippen MR) is 98.3 cm³/mol. The van der Waals surface area contributed by atoms with Crippen LogP contribution in [-0.2, 0) is 6.42 Å². The zero-order valence-electron chi connectivity index (χ0n) is 14.6. The van der Waals surface area contributed by atoms with Gasteiger partial charge in [-0.25, -0.2) is 4.98 Å². The van der Waals surface area contributed by atoms with Gasteiger partial charge in [-0.1, -0.05) is 45.4 Å². The normalized spacial score (nSPS) is 13.8. The molecular weight excluding hydrogens is 298 g/mol. The molecule has 0 fully saturated rings. The number of allylic oxidation sites excluding steroid dienone is 2. The maximum atomic E-state index is 6.35. The molecule has 0 radical (unpaired) electrons. The van der Waals surface area contributed by atoms with Crippen molar-refractivity contribution in [2.45, 2.75) is 52.9 Å². The molecule has 0 saturated heterocycles. The van der Waals surface area contributed by atoms with Crippen LogP contribution in [0, 0.1) is 0 Å². The molecule has 24 heavy (non-hydrogen) atoms. The Morgan fingerprint density at radius 2 is 1.88 bits per heavy atom. The zero-order chi connectivity index (χ0) is 16.7. The number of ether oxygens (including phenoxy) is 1. The fourth-order valence-corrected chi connectivity index (χ4v) is 3.66. The maximum Gasteiger partial charge on any atom is 0.195 e. The maximum absolute atomic E-state index is 6.35. The molecule has 0 aliphatic carbocycles. The summed E-state index contributed by atoms with van der Waals surface area (Å²) in [6.45, 7) is 6.48. The van der Waals surface area contributed by atoms with Crippen LogP contribution in [0.3, 0.4) is 0 Å². The summed E-state index contributed by atoms with van der Waals surface area (Å²) in [5.41, 5.74) is 4.44. The monoisotopic (exact) mass is 321 g/mol. The number of nitrogens with zero attached hydrogens (tertiary/aromatic N) is 1. The van der Waals surface area contributed by atoms with Gasteiger partial charge in [-0.3, -0.25) is 0 Å². The van der Waals surface area contributed by atoms with Gasteiger partial charge < -0.3 is 9.15 Å². The fourth-order valence-electron chi connectivity index (χ4n) is 3.66. The highest BCUT2D eigenvalue weighted by Crippen LogP contribution is 2.45. The molecule has 1 aliphatic rings. The molecule has 0 bridgehead atoms. The van der Waals surface area contributed by atoms with E-state index in [-0.39, 0.29) is 0 Å². The minimum atomic E-state index is 0.781. The summed E-state index contributed by atoms with van der Waals surface area (Å²) in [6.07, 6.45) is 5.01. The summed E-state index contributed by atoms with van der Waals surface area (Å²) in [4.78, 5) is 4.69. The van der Waals surface area contributed by atoms with E-state index in [1.54, 1.807) is 0 Å². The second-order valence-corrected chi connectivity index (χ2v) is 6.41. The van der Waals surface area contributed by atoms with Gasteiger partial charge in [0.2, 0.25) is 0 Å². The molecule has 0 spiro atoms. The first-order valence-electron chi connectivity index (χ1n) is 9.02. The third-order valence-electron chi connectivity index (χ3n) is 4.70. The second kappa shape index (κ2) is 5.97. The number of oxazole rings is 1. The van der Waals surface area contributed by atoms with Crippen LogP contribution >= 0.6 is 0 Å². The highest BCUT2D eigenvalue weighted by Gasteiger charge is 2.24. The van der Waals surface area contributed by atoms with Crippen molar-refractivity contribution in [1.29, 1.82) is 0 Å². The number of hydrogen-bond donors (Lipinski definition) is 0. The van der Waals surface area contributed by atoms with E-state index in [0.717, 1.165) is 66.0 Å². The number of fused-ring (bicyclic) bond motifs is 2. The number of benzene rings is 2. The Balaban J connectivity index is 2.04. The molecule has 3 nitrogen and oxygen atoms in total. The van der Waals surface area contributed by atoms with Crippen molar-refractivity contribution >= 4 is 27.4 Å². The van der Waals surface area contributed by atoms with Crippen molar-refractivity contribution in [3.8, 4) is 5.75 Å². The van der Waals surface area contributed by atoms with Gasteiger partial charge in [0.05, 0.1) is 0 Å². The van der Waals surface area contributed by atoms with Gasteiger partial charge in [0.1, 0.15) is 17.0 Å². The quantitative estimate of drug-likeness (QED) is 0.557. The van der Waals surface area contributed by atoms with Gasteiger partial charge in [0.25, 0.3) is 0 Å². The lowest BCUT2D eigenvalue weighted by Crippen LogP contribution is -2.07. The number of aryl methyl sites for hydroxylation is 1. The van der Waals surface area contributed by atoms with Crippen LogP contribution in [0.4, 0.5) is 0 Å². The lowest BCUT2D eigenvalue weighted by molar-refractivity contribution is 0.403. The van der Waals surface area contributed by atoms with E-state index in [0.29, 0.717) is 0 Å². The molecule has 0 unspecified atom stereocenters. The Hall–Kier alpha value is -2.29. The van der Waals surface area contributed by atoms with E-state index in [9.17, 15) is 0 Å². The van der Waals surface area contributed by atoms with Crippen LogP contribution < -0.4 is 4.74 Å². The van der Waals surface area contributed by atoms with Crippen LogP contribution in [0.1, 0.15) is 57.9 Å². The molecule has 1 aromatic heterocycles. The van der Waals surface area contributed by atoms with E-state index in [1.165, 1.54) is 16.5 Å².